The fourth-order valence-corrected chi connectivity index (χ4v) is 4.88. The van der Waals surface area contributed by atoms with Crippen molar-refractivity contribution in [3.8, 4) is 10.6 Å². The highest BCUT2D eigenvalue weighted by molar-refractivity contribution is 7.17. The van der Waals surface area contributed by atoms with Gasteiger partial charge in [0.25, 0.3) is 0 Å². The summed E-state index contributed by atoms with van der Waals surface area (Å²) >= 11 is 1.31. The van der Waals surface area contributed by atoms with Gasteiger partial charge in [-0.2, -0.15) is 0 Å². The number of benzene rings is 2. The van der Waals surface area contributed by atoms with Crippen LogP contribution in [0.4, 0.5) is 0 Å². The van der Waals surface area contributed by atoms with E-state index < -0.39 is 11.6 Å². The Morgan fingerprint density at radius 2 is 1.90 bits per heavy atom. The molecule has 1 aliphatic rings. The summed E-state index contributed by atoms with van der Waals surface area (Å²) in [6.45, 7) is 1.81. The maximum Gasteiger partial charge on any atom is 0.350 e. The van der Waals surface area contributed by atoms with Crippen molar-refractivity contribution in [1.29, 1.82) is 0 Å². The first-order valence-electron chi connectivity index (χ1n) is 9.87. The van der Waals surface area contributed by atoms with Crippen LogP contribution in [-0.4, -0.2) is 11.0 Å². The van der Waals surface area contributed by atoms with Crippen LogP contribution in [0.15, 0.2) is 57.7 Å². The lowest BCUT2D eigenvalue weighted by atomic mass is 10.0. The van der Waals surface area contributed by atoms with Gasteiger partial charge in [-0.15, -0.1) is 11.3 Å². The molecule has 2 heterocycles. The SMILES string of the molecule is Cc1nc(-c2ccccc2)sc1C(=O)OCc1cc(=O)oc2cc3c(cc12)CCC3. The molecule has 0 radical (unpaired) electrons. The van der Waals surface area contributed by atoms with E-state index in [2.05, 4.69) is 11.1 Å². The molecular weight excluding hydrogens is 398 g/mol. The molecule has 4 aromatic rings. The highest BCUT2D eigenvalue weighted by Gasteiger charge is 2.19. The van der Waals surface area contributed by atoms with E-state index in [-0.39, 0.29) is 6.61 Å². The molecule has 5 nitrogen and oxygen atoms in total. The summed E-state index contributed by atoms with van der Waals surface area (Å²) in [5, 5.41) is 1.61. The van der Waals surface area contributed by atoms with Gasteiger partial charge in [-0.1, -0.05) is 30.3 Å². The highest BCUT2D eigenvalue weighted by Crippen LogP contribution is 2.30. The average Bonchev–Trinajstić information content (AvgIpc) is 3.37. The quantitative estimate of drug-likeness (QED) is 0.342. The van der Waals surface area contributed by atoms with E-state index in [1.807, 2.05) is 36.4 Å². The zero-order valence-electron chi connectivity index (χ0n) is 16.4. The molecule has 0 bridgehead atoms. The Hall–Kier alpha value is -3.25. The van der Waals surface area contributed by atoms with Crippen molar-refractivity contribution in [2.24, 2.45) is 0 Å². The number of hydrogen-bond donors (Lipinski definition) is 0. The molecule has 5 rings (SSSR count). The Balaban J connectivity index is 1.41. The lowest BCUT2D eigenvalue weighted by molar-refractivity contribution is 0.0478. The van der Waals surface area contributed by atoms with Crippen LogP contribution in [0.25, 0.3) is 21.5 Å². The lowest BCUT2D eigenvalue weighted by Crippen LogP contribution is -2.08. The van der Waals surface area contributed by atoms with Crippen molar-refractivity contribution >= 4 is 28.3 Å². The number of ether oxygens (including phenoxy) is 1. The summed E-state index contributed by atoms with van der Waals surface area (Å²) in [6, 6.07) is 15.2. The van der Waals surface area contributed by atoms with Gasteiger partial charge in [0.2, 0.25) is 0 Å². The number of esters is 1. The van der Waals surface area contributed by atoms with Gasteiger partial charge in [0, 0.05) is 22.6 Å². The number of aryl methyl sites for hydroxylation is 3. The van der Waals surface area contributed by atoms with Crippen LogP contribution >= 0.6 is 11.3 Å². The van der Waals surface area contributed by atoms with Gasteiger partial charge >= 0.3 is 11.6 Å². The van der Waals surface area contributed by atoms with E-state index >= 15 is 0 Å². The molecule has 0 spiro atoms. The van der Waals surface area contributed by atoms with E-state index in [1.54, 1.807) is 6.92 Å². The molecule has 0 unspecified atom stereocenters. The third-order valence-corrected chi connectivity index (χ3v) is 6.59. The van der Waals surface area contributed by atoms with Crippen LogP contribution in [0.3, 0.4) is 0 Å². The van der Waals surface area contributed by atoms with Crippen molar-refractivity contribution in [1.82, 2.24) is 4.98 Å². The van der Waals surface area contributed by atoms with Crippen molar-refractivity contribution < 1.29 is 13.9 Å². The molecule has 150 valence electrons. The maximum absolute atomic E-state index is 12.7. The second kappa shape index (κ2) is 7.54. The van der Waals surface area contributed by atoms with E-state index in [0.717, 1.165) is 35.2 Å². The van der Waals surface area contributed by atoms with Crippen molar-refractivity contribution in [2.75, 3.05) is 0 Å². The van der Waals surface area contributed by atoms with Gasteiger partial charge in [0.05, 0.1) is 5.69 Å². The number of nitrogens with zero attached hydrogens (tertiary/aromatic N) is 1. The third-order valence-electron chi connectivity index (χ3n) is 5.40. The molecule has 0 saturated heterocycles. The fourth-order valence-electron chi connectivity index (χ4n) is 3.91. The largest absolute Gasteiger partial charge is 0.457 e. The molecule has 0 atom stereocenters. The minimum absolute atomic E-state index is 0.0116. The summed E-state index contributed by atoms with van der Waals surface area (Å²) in [5.74, 6) is -0.435. The maximum atomic E-state index is 12.7. The first-order chi connectivity index (χ1) is 14.6. The molecule has 0 fully saturated rings. The van der Waals surface area contributed by atoms with Gasteiger partial charge in [0.15, 0.2) is 0 Å². The zero-order valence-corrected chi connectivity index (χ0v) is 17.3. The van der Waals surface area contributed by atoms with Gasteiger partial charge < -0.3 is 9.15 Å². The second-order valence-electron chi connectivity index (χ2n) is 7.44. The molecule has 0 aliphatic heterocycles. The van der Waals surface area contributed by atoms with Gasteiger partial charge in [0.1, 0.15) is 22.1 Å². The van der Waals surface area contributed by atoms with Crippen molar-refractivity contribution in [3.63, 3.8) is 0 Å². The molecule has 6 heteroatoms. The minimum atomic E-state index is -0.438. The van der Waals surface area contributed by atoms with E-state index in [9.17, 15) is 9.59 Å². The summed E-state index contributed by atoms with van der Waals surface area (Å²) in [7, 11) is 0. The Morgan fingerprint density at radius 1 is 1.13 bits per heavy atom. The molecule has 0 N–H and O–H groups in total. The summed E-state index contributed by atoms with van der Waals surface area (Å²) in [5.41, 5.74) is 4.88. The highest BCUT2D eigenvalue weighted by atomic mass is 32.1. The predicted octanol–water partition coefficient (Wildman–Crippen LogP) is 5.07. The van der Waals surface area contributed by atoms with Gasteiger partial charge in [-0.05, 0) is 49.4 Å². The number of aromatic nitrogens is 1. The summed E-state index contributed by atoms with van der Waals surface area (Å²) in [4.78, 5) is 29.7. The normalized spacial score (nSPS) is 12.8. The fraction of sp³-hybridized carbons (Fsp3) is 0.208. The number of thiazole rings is 1. The molecule has 1 aliphatic carbocycles. The summed E-state index contributed by atoms with van der Waals surface area (Å²) in [6.07, 6.45) is 3.13. The first kappa shape index (κ1) is 18.8. The van der Waals surface area contributed by atoms with Crippen LogP contribution in [0.5, 0.6) is 0 Å². The van der Waals surface area contributed by atoms with Crippen LogP contribution < -0.4 is 5.63 Å². The third kappa shape index (κ3) is 3.44. The molecule has 0 saturated carbocycles. The second-order valence-corrected chi connectivity index (χ2v) is 8.44. The Bertz CT molecular complexity index is 1320. The number of hydrogen-bond acceptors (Lipinski definition) is 6. The average molecular weight is 417 g/mol. The predicted molar refractivity (Wildman–Crippen MR) is 116 cm³/mol. The lowest BCUT2D eigenvalue weighted by Gasteiger charge is -2.08. The van der Waals surface area contributed by atoms with Crippen LogP contribution in [0.1, 0.15) is 38.5 Å². The molecule has 30 heavy (non-hydrogen) atoms. The molecule has 2 aromatic heterocycles. The Labute approximate surface area is 177 Å². The molecule has 0 amide bonds. The topological polar surface area (TPSA) is 69.4 Å². The van der Waals surface area contributed by atoms with Crippen molar-refractivity contribution in [3.05, 3.63) is 86.2 Å². The van der Waals surface area contributed by atoms with Crippen LogP contribution in [-0.2, 0) is 24.2 Å². The minimum Gasteiger partial charge on any atom is -0.457 e. The van der Waals surface area contributed by atoms with E-state index in [4.69, 9.17) is 9.15 Å². The number of carbonyl (C=O) groups is 1. The number of fused-ring (bicyclic) bond motifs is 2. The Morgan fingerprint density at radius 3 is 2.70 bits per heavy atom. The van der Waals surface area contributed by atoms with Gasteiger partial charge in [-0.25, -0.2) is 14.6 Å². The Kier molecular flexibility index (Phi) is 4.71. The van der Waals surface area contributed by atoms with Crippen LogP contribution in [0, 0.1) is 6.92 Å². The number of rotatable bonds is 4. The van der Waals surface area contributed by atoms with E-state index in [0.29, 0.717) is 21.7 Å². The monoisotopic (exact) mass is 417 g/mol. The first-order valence-corrected chi connectivity index (χ1v) is 10.7. The number of carbonyl (C=O) groups excluding carboxylic acids is 1. The van der Waals surface area contributed by atoms with Gasteiger partial charge in [-0.3, -0.25) is 0 Å². The standard InChI is InChI=1S/C24H19NO4S/c1-14-22(30-23(25-14)15-6-3-2-4-7-15)24(27)28-13-18-12-21(26)29-20-11-17-9-5-8-16(17)10-19(18)20/h2-4,6-7,10-12H,5,8-9,13H2,1H3. The smallest absolute Gasteiger partial charge is 0.350 e. The van der Waals surface area contributed by atoms with E-state index in [1.165, 1.54) is 28.5 Å². The zero-order chi connectivity index (χ0) is 20.7. The molecular formula is C24H19NO4S. The summed E-state index contributed by atoms with van der Waals surface area (Å²) < 4.78 is 11.0. The molecule has 2 aromatic carbocycles. The van der Waals surface area contributed by atoms with Crippen LogP contribution in [0.2, 0.25) is 0 Å². The van der Waals surface area contributed by atoms with Crippen molar-refractivity contribution in [2.45, 2.75) is 32.8 Å².